The van der Waals surface area contributed by atoms with Crippen molar-refractivity contribution in [3.05, 3.63) is 131 Å². The van der Waals surface area contributed by atoms with Crippen molar-refractivity contribution in [1.29, 1.82) is 0 Å². The number of fused-ring (bicyclic) bond motifs is 6. The molecule has 1 aliphatic heterocycles. The van der Waals surface area contributed by atoms with Gasteiger partial charge >= 0.3 is 0 Å². The Labute approximate surface area is 232 Å². The number of hydrogen-bond acceptors (Lipinski definition) is 4. The predicted octanol–water partition coefficient (Wildman–Crippen LogP) is 8.13. The minimum absolute atomic E-state index is 0.0218. The van der Waals surface area contributed by atoms with Gasteiger partial charge in [-0.05, 0) is 69.8 Å². The SMILES string of the molecule is C=CCN(CC=C)c1ccc2c(c1)C(C)(C)c1cc(N(CC=C)CC=C)ccc1C21OC(C)c2cscc21. The molecule has 0 saturated carbocycles. The van der Waals surface area contributed by atoms with Gasteiger partial charge in [-0.2, -0.15) is 11.3 Å². The second kappa shape index (κ2) is 10.1. The molecule has 0 amide bonds. The van der Waals surface area contributed by atoms with Gasteiger partial charge in [0, 0.05) is 48.5 Å². The minimum atomic E-state index is -0.630. The lowest BCUT2D eigenvalue weighted by atomic mass is 9.62. The van der Waals surface area contributed by atoms with Crippen molar-refractivity contribution in [1.82, 2.24) is 0 Å². The van der Waals surface area contributed by atoms with E-state index in [1.54, 1.807) is 11.3 Å². The van der Waals surface area contributed by atoms with Crippen LogP contribution < -0.4 is 9.80 Å². The number of rotatable bonds is 10. The summed E-state index contributed by atoms with van der Waals surface area (Å²) in [5.74, 6) is 0. The molecule has 2 heterocycles. The van der Waals surface area contributed by atoms with E-state index >= 15 is 0 Å². The third-order valence-corrected chi connectivity index (χ3v) is 8.86. The van der Waals surface area contributed by atoms with Gasteiger partial charge in [0.05, 0.1) is 6.10 Å². The standard InChI is InChI=1S/C34H38N2OS/c1-8-16-35(17-9-2)25-12-14-28-30(20-25)33(6,7)31-21-26(36(18-10-3)19-11-4)13-15-29(31)34(28)32-23-38-22-27(32)24(5)37-34/h8-15,20-24H,1-4,16-19H2,5-7H3. The van der Waals surface area contributed by atoms with E-state index in [1.807, 2.05) is 24.3 Å². The van der Waals surface area contributed by atoms with Crippen molar-refractivity contribution in [2.75, 3.05) is 36.0 Å². The topological polar surface area (TPSA) is 15.7 Å². The highest BCUT2D eigenvalue weighted by Crippen LogP contribution is 2.60. The lowest BCUT2D eigenvalue weighted by Crippen LogP contribution is -2.41. The van der Waals surface area contributed by atoms with Crippen LogP contribution in [0.1, 0.15) is 60.3 Å². The molecule has 38 heavy (non-hydrogen) atoms. The van der Waals surface area contributed by atoms with Gasteiger partial charge < -0.3 is 14.5 Å². The van der Waals surface area contributed by atoms with E-state index in [2.05, 4.69) is 104 Å². The summed E-state index contributed by atoms with van der Waals surface area (Å²) in [4.78, 5) is 4.61. The Balaban J connectivity index is 1.78. The van der Waals surface area contributed by atoms with Crippen LogP contribution in [0, 0.1) is 0 Å². The maximum Gasteiger partial charge on any atom is 0.146 e. The van der Waals surface area contributed by atoms with Crippen molar-refractivity contribution in [3.63, 3.8) is 0 Å². The van der Waals surface area contributed by atoms with Gasteiger partial charge in [-0.3, -0.25) is 0 Å². The van der Waals surface area contributed by atoms with Crippen LogP contribution in [0.5, 0.6) is 0 Å². The number of nitrogens with zero attached hydrogens (tertiary/aromatic N) is 2. The van der Waals surface area contributed by atoms with Crippen LogP contribution >= 0.6 is 11.3 Å². The molecule has 1 unspecified atom stereocenters. The fraction of sp³-hybridized carbons (Fsp3) is 0.294. The predicted molar refractivity (Wildman–Crippen MR) is 164 cm³/mol. The zero-order chi connectivity index (χ0) is 27.1. The molecule has 2 aromatic carbocycles. The monoisotopic (exact) mass is 522 g/mol. The van der Waals surface area contributed by atoms with Crippen LogP contribution in [0.4, 0.5) is 11.4 Å². The first-order chi connectivity index (χ1) is 18.3. The number of hydrogen-bond donors (Lipinski definition) is 0. The van der Waals surface area contributed by atoms with Crippen LogP contribution in [-0.2, 0) is 15.8 Å². The van der Waals surface area contributed by atoms with Gasteiger partial charge in [-0.25, -0.2) is 0 Å². The molecular formula is C34H38N2OS. The average molecular weight is 523 g/mol. The smallest absolute Gasteiger partial charge is 0.146 e. The minimum Gasteiger partial charge on any atom is -0.364 e. The quantitative estimate of drug-likeness (QED) is 0.250. The molecule has 0 fully saturated rings. The summed E-state index contributed by atoms with van der Waals surface area (Å²) in [7, 11) is 0. The lowest BCUT2D eigenvalue weighted by molar-refractivity contribution is -0.0169. The van der Waals surface area contributed by atoms with Crippen molar-refractivity contribution in [2.24, 2.45) is 0 Å². The Bertz CT molecular complexity index is 1300. The molecule has 1 aliphatic carbocycles. The zero-order valence-corrected chi connectivity index (χ0v) is 23.7. The Morgan fingerprint density at radius 3 is 1.66 bits per heavy atom. The van der Waals surface area contributed by atoms with Gasteiger partial charge in [0.25, 0.3) is 0 Å². The van der Waals surface area contributed by atoms with Gasteiger partial charge in [0.15, 0.2) is 0 Å². The van der Waals surface area contributed by atoms with E-state index in [0.717, 1.165) is 26.2 Å². The molecule has 3 aromatic rings. The van der Waals surface area contributed by atoms with Crippen LogP contribution in [0.2, 0.25) is 0 Å². The van der Waals surface area contributed by atoms with E-state index < -0.39 is 5.60 Å². The summed E-state index contributed by atoms with van der Waals surface area (Å²) in [6.45, 7) is 25.8. The number of anilines is 2. The van der Waals surface area contributed by atoms with Crippen molar-refractivity contribution >= 4 is 22.7 Å². The number of benzene rings is 2. The molecule has 1 atom stereocenters. The highest BCUT2D eigenvalue weighted by molar-refractivity contribution is 7.08. The third-order valence-electron chi connectivity index (χ3n) is 8.10. The van der Waals surface area contributed by atoms with Crippen LogP contribution in [0.3, 0.4) is 0 Å². The maximum atomic E-state index is 7.05. The Hall–Kier alpha value is -3.34. The molecule has 1 spiro atoms. The highest BCUT2D eigenvalue weighted by Gasteiger charge is 2.54. The zero-order valence-electron chi connectivity index (χ0n) is 22.9. The van der Waals surface area contributed by atoms with Crippen LogP contribution in [-0.4, -0.2) is 26.2 Å². The molecular weight excluding hydrogens is 484 g/mol. The average Bonchev–Trinajstić information content (AvgIpc) is 3.51. The van der Waals surface area contributed by atoms with Gasteiger partial charge in [-0.15, -0.1) is 26.3 Å². The summed E-state index contributed by atoms with van der Waals surface area (Å²) < 4.78 is 7.05. The normalized spacial score (nSPS) is 17.7. The van der Waals surface area contributed by atoms with Crippen molar-refractivity contribution < 1.29 is 4.74 Å². The summed E-state index contributed by atoms with van der Waals surface area (Å²) in [5.41, 5.74) is 9.10. The van der Waals surface area contributed by atoms with E-state index in [-0.39, 0.29) is 11.5 Å². The molecule has 2 aliphatic rings. The van der Waals surface area contributed by atoms with Crippen molar-refractivity contribution in [3.8, 4) is 0 Å². The molecule has 196 valence electrons. The van der Waals surface area contributed by atoms with Crippen LogP contribution in [0.15, 0.2) is 97.8 Å². The maximum absolute atomic E-state index is 7.05. The van der Waals surface area contributed by atoms with E-state index in [4.69, 9.17) is 4.74 Å². The largest absolute Gasteiger partial charge is 0.364 e. The van der Waals surface area contributed by atoms with E-state index in [1.165, 1.54) is 44.8 Å². The Morgan fingerprint density at radius 1 is 0.737 bits per heavy atom. The molecule has 3 nitrogen and oxygen atoms in total. The van der Waals surface area contributed by atoms with E-state index in [0.29, 0.717) is 0 Å². The second-order valence-corrected chi connectivity index (χ2v) is 11.5. The Morgan fingerprint density at radius 2 is 1.21 bits per heavy atom. The Kier molecular flexibility index (Phi) is 6.97. The number of ether oxygens (including phenoxy) is 1. The molecule has 0 bridgehead atoms. The fourth-order valence-corrected chi connectivity index (χ4v) is 7.28. The summed E-state index contributed by atoms with van der Waals surface area (Å²) in [5, 5.41) is 4.54. The summed E-state index contributed by atoms with van der Waals surface area (Å²) >= 11 is 1.76. The molecule has 4 heteroatoms. The first-order valence-corrected chi connectivity index (χ1v) is 14.3. The first-order valence-electron chi connectivity index (χ1n) is 13.3. The molecule has 0 N–H and O–H groups in total. The first kappa shape index (κ1) is 26.3. The molecule has 0 radical (unpaired) electrons. The van der Waals surface area contributed by atoms with Gasteiger partial charge in [0.2, 0.25) is 0 Å². The molecule has 0 saturated heterocycles. The third kappa shape index (κ3) is 3.90. The highest BCUT2D eigenvalue weighted by atomic mass is 32.1. The lowest BCUT2D eigenvalue weighted by Gasteiger charge is -2.46. The fourth-order valence-electron chi connectivity index (χ4n) is 6.31. The molecule has 5 rings (SSSR count). The van der Waals surface area contributed by atoms with E-state index in [9.17, 15) is 0 Å². The van der Waals surface area contributed by atoms with Gasteiger partial charge in [-0.1, -0.05) is 50.3 Å². The second-order valence-electron chi connectivity index (χ2n) is 10.7. The molecule has 1 aromatic heterocycles. The summed E-state index contributed by atoms with van der Waals surface area (Å²) in [6.07, 6.45) is 7.82. The van der Waals surface area contributed by atoms with Crippen LogP contribution in [0.25, 0.3) is 0 Å². The summed E-state index contributed by atoms with van der Waals surface area (Å²) in [6, 6.07) is 13.8. The van der Waals surface area contributed by atoms with Gasteiger partial charge in [0.1, 0.15) is 5.60 Å². The number of thiophene rings is 1. The van der Waals surface area contributed by atoms with Crippen molar-refractivity contribution in [2.45, 2.75) is 37.9 Å².